The summed E-state index contributed by atoms with van der Waals surface area (Å²) in [5.74, 6) is 0.494. The lowest BCUT2D eigenvalue weighted by Crippen LogP contribution is -2.23. The van der Waals surface area contributed by atoms with Crippen molar-refractivity contribution in [2.45, 2.75) is 24.6 Å². The highest BCUT2D eigenvalue weighted by Gasteiger charge is 2.27. The second kappa shape index (κ2) is 6.40. The van der Waals surface area contributed by atoms with Gasteiger partial charge in [-0.1, -0.05) is 12.1 Å². The van der Waals surface area contributed by atoms with Crippen molar-refractivity contribution in [1.29, 1.82) is 0 Å². The van der Waals surface area contributed by atoms with Gasteiger partial charge in [-0.15, -0.1) is 26.4 Å². The van der Waals surface area contributed by atoms with Crippen LogP contribution in [0.5, 0.6) is 0 Å². The molecule has 0 saturated heterocycles. The van der Waals surface area contributed by atoms with Gasteiger partial charge < -0.3 is 5.32 Å². The first kappa shape index (κ1) is 12.9. The van der Waals surface area contributed by atoms with Gasteiger partial charge in [0.15, 0.2) is 11.0 Å². The molecule has 2 heterocycles. The number of aromatic nitrogens is 5. The van der Waals surface area contributed by atoms with Crippen LogP contribution in [0.15, 0.2) is 16.2 Å². The molecule has 0 aliphatic carbocycles. The molecule has 1 unspecified atom stereocenters. The molecular formula is C8H11N7OS2. The molecule has 8 nitrogen and oxygen atoms in total. The van der Waals surface area contributed by atoms with E-state index in [9.17, 15) is 4.91 Å². The molecule has 2 N–H and O–H groups in total. The second-order valence-electron chi connectivity index (χ2n) is 3.36. The number of thiazole rings is 1. The maximum Gasteiger partial charge on any atom is 0.197 e. The minimum absolute atomic E-state index is 0.0796. The molecule has 10 heteroatoms. The molecule has 2 aromatic heterocycles. The predicted octanol–water partition coefficient (Wildman–Crippen LogP) is 2.00. The standard InChI is InChI=1S/C8H11N7OS2/c1-2-5(18-15-16)6(7-11-13-14-12-7)10-8-9-3-4-17-8/h3-6H,2H2,1H3,(H,9,10)(H,11,12,13,14)/t5?,6-/m0/s1. The van der Waals surface area contributed by atoms with Crippen LogP contribution in [-0.4, -0.2) is 30.9 Å². The molecule has 0 amide bonds. The number of rotatable bonds is 7. The van der Waals surface area contributed by atoms with Gasteiger partial charge >= 0.3 is 0 Å². The van der Waals surface area contributed by atoms with Crippen molar-refractivity contribution in [2.75, 3.05) is 5.32 Å². The number of hydrogen-bond acceptors (Lipinski definition) is 9. The summed E-state index contributed by atoms with van der Waals surface area (Å²) in [6.07, 6.45) is 2.44. The summed E-state index contributed by atoms with van der Waals surface area (Å²) in [6, 6.07) is -0.261. The van der Waals surface area contributed by atoms with Gasteiger partial charge in [-0.2, -0.15) is 5.21 Å². The molecule has 0 radical (unpaired) electrons. The summed E-state index contributed by atoms with van der Waals surface area (Å²) in [6.45, 7) is 1.97. The zero-order chi connectivity index (χ0) is 12.8. The average Bonchev–Trinajstić information content (AvgIpc) is 3.05. The fourth-order valence-electron chi connectivity index (χ4n) is 1.48. The Hall–Kier alpha value is -1.55. The summed E-state index contributed by atoms with van der Waals surface area (Å²) in [7, 11) is 0. The molecule has 0 saturated carbocycles. The third-order valence-corrected chi connectivity index (χ3v) is 3.97. The van der Waals surface area contributed by atoms with Gasteiger partial charge in [0, 0.05) is 28.1 Å². The van der Waals surface area contributed by atoms with Gasteiger partial charge in [-0.05, 0) is 6.42 Å². The largest absolute Gasteiger partial charge is 0.350 e. The molecular weight excluding hydrogens is 274 g/mol. The molecule has 0 fully saturated rings. The van der Waals surface area contributed by atoms with Gasteiger partial charge in [0.25, 0.3) is 0 Å². The number of H-pyrrole nitrogens is 1. The van der Waals surface area contributed by atoms with Crippen LogP contribution in [0, 0.1) is 4.91 Å². The third-order valence-electron chi connectivity index (χ3n) is 2.30. The van der Waals surface area contributed by atoms with Crippen LogP contribution in [0.25, 0.3) is 0 Å². The van der Waals surface area contributed by atoms with E-state index in [0.29, 0.717) is 5.82 Å². The topological polar surface area (TPSA) is 109 Å². The number of tetrazole rings is 1. The summed E-state index contributed by atoms with van der Waals surface area (Å²) >= 11 is 2.43. The van der Waals surface area contributed by atoms with Gasteiger partial charge in [0.1, 0.15) is 6.04 Å². The Morgan fingerprint density at radius 1 is 1.67 bits per heavy atom. The Balaban J connectivity index is 2.19. The van der Waals surface area contributed by atoms with Crippen molar-refractivity contribution in [3.63, 3.8) is 0 Å². The number of nitrogens with one attached hydrogen (secondary N) is 2. The maximum absolute atomic E-state index is 10.5. The van der Waals surface area contributed by atoms with Gasteiger partial charge in [-0.3, -0.25) is 0 Å². The van der Waals surface area contributed by atoms with E-state index in [-0.39, 0.29) is 11.3 Å². The quantitative estimate of drug-likeness (QED) is 0.591. The van der Waals surface area contributed by atoms with E-state index in [1.165, 1.54) is 11.3 Å². The fourth-order valence-corrected chi connectivity index (χ4v) is 2.62. The van der Waals surface area contributed by atoms with E-state index in [0.717, 1.165) is 23.5 Å². The van der Waals surface area contributed by atoms with Crippen molar-refractivity contribution in [1.82, 2.24) is 25.6 Å². The Kier molecular flexibility index (Phi) is 4.59. The summed E-state index contributed by atoms with van der Waals surface area (Å²) < 4.78 is 2.89. The molecule has 0 spiro atoms. The molecule has 2 aromatic rings. The Labute approximate surface area is 111 Å². The molecule has 96 valence electrons. The predicted molar refractivity (Wildman–Crippen MR) is 70.1 cm³/mol. The molecule has 2 atom stereocenters. The van der Waals surface area contributed by atoms with E-state index in [4.69, 9.17) is 0 Å². The third kappa shape index (κ3) is 3.01. The van der Waals surface area contributed by atoms with E-state index < -0.39 is 0 Å². The molecule has 18 heavy (non-hydrogen) atoms. The first-order chi connectivity index (χ1) is 8.85. The number of anilines is 1. The minimum Gasteiger partial charge on any atom is -0.350 e. The van der Waals surface area contributed by atoms with Gasteiger partial charge in [0.2, 0.25) is 0 Å². The number of hydrogen-bond donors (Lipinski definition) is 2. The first-order valence-corrected chi connectivity index (χ1v) is 6.94. The highest BCUT2D eigenvalue weighted by Crippen LogP contribution is 2.31. The van der Waals surface area contributed by atoms with E-state index in [1.54, 1.807) is 6.20 Å². The monoisotopic (exact) mass is 285 g/mol. The number of aromatic amines is 1. The van der Waals surface area contributed by atoms with Crippen molar-refractivity contribution in [2.24, 2.45) is 4.58 Å². The Morgan fingerprint density at radius 2 is 2.56 bits per heavy atom. The van der Waals surface area contributed by atoms with E-state index >= 15 is 0 Å². The molecule has 0 aliphatic rings. The molecule has 2 rings (SSSR count). The summed E-state index contributed by atoms with van der Waals surface area (Å²) in [5, 5.41) is 19.6. The molecule has 0 aliphatic heterocycles. The van der Waals surface area contributed by atoms with Crippen molar-refractivity contribution >= 4 is 28.4 Å². The summed E-state index contributed by atoms with van der Waals surface area (Å²) in [4.78, 5) is 14.6. The van der Waals surface area contributed by atoms with Crippen LogP contribution in [0.3, 0.4) is 0 Å². The number of nitrogens with zero attached hydrogens (tertiary/aromatic N) is 5. The van der Waals surface area contributed by atoms with Crippen LogP contribution in [0.2, 0.25) is 0 Å². The Morgan fingerprint density at radius 3 is 3.11 bits per heavy atom. The second-order valence-corrected chi connectivity index (χ2v) is 5.22. The normalized spacial score (nSPS) is 14.1. The van der Waals surface area contributed by atoms with Crippen LogP contribution in [0.1, 0.15) is 25.2 Å². The zero-order valence-corrected chi connectivity index (χ0v) is 11.1. The maximum atomic E-state index is 10.5. The van der Waals surface area contributed by atoms with Crippen LogP contribution >= 0.6 is 23.3 Å². The molecule has 0 bridgehead atoms. The van der Waals surface area contributed by atoms with Crippen molar-refractivity contribution in [3.05, 3.63) is 22.3 Å². The fraction of sp³-hybridized carbons (Fsp3) is 0.500. The van der Waals surface area contributed by atoms with Crippen molar-refractivity contribution < 1.29 is 0 Å². The zero-order valence-electron chi connectivity index (χ0n) is 9.48. The highest BCUT2D eigenvalue weighted by atomic mass is 32.2. The summed E-state index contributed by atoms with van der Waals surface area (Å²) in [5.41, 5.74) is 0. The van der Waals surface area contributed by atoms with Crippen LogP contribution in [-0.2, 0) is 0 Å². The average molecular weight is 285 g/mol. The number of nitroso groups, excluding NO2 is 1. The lowest BCUT2D eigenvalue weighted by molar-refractivity contribution is 0.656. The van der Waals surface area contributed by atoms with Gasteiger partial charge in [-0.25, -0.2) is 4.98 Å². The van der Waals surface area contributed by atoms with Gasteiger partial charge in [0.05, 0.1) is 5.25 Å². The molecule has 0 aromatic carbocycles. The SMILES string of the molecule is CCC(SN=O)[C@H](Nc1nccs1)c1nn[nH]n1. The van der Waals surface area contributed by atoms with Crippen molar-refractivity contribution in [3.8, 4) is 0 Å². The first-order valence-electron chi connectivity index (χ1n) is 5.23. The van der Waals surface area contributed by atoms with Crippen LogP contribution < -0.4 is 5.32 Å². The Bertz CT molecular complexity index is 460. The highest BCUT2D eigenvalue weighted by molar-refractivity contribution is 7.98. The lowest BCUT2D eigenvalue weighted by atomic mass is 10.1. The lowest BCUT2D eigenvalue weighted by Gasteiger charge is -2.20. The smallest absolute Gasteiger partial charge is 0.197 e. The van der Waals surface area contributed by atoms with E-state index in [2.05, 4.69) is 35.5 Å². The van der Waals surface area contributed by atoms with Crippen LogP contribution in [0.4, 0.5) is 5.13 Å². The minimum atomic E-state index is -0.261. The van der Waals surface area contributed by atoms with E-state index in [1.807, 2.05) is 12.3 Å².